The number of carboxylic acids is 1. The van der Waals surface area contributed by atoms with E-state index in [9.17, 15) is 9.90 Å². The van der Waals surface area contributed by atoms with Gasteiger partial charge in [-0.2, -0.15) is 0 Å². The van der Waals surface area contributed by atoms with Crippen molar-refractivity contribution in [3.05, 3.63) is 35.4 Å². The van der Waals surface area contributed by atoms with Gasteiger partial charge >= 0.3 is 5.97 Å². The second kappa shape index (κ2) is 5.63. The third-order valence-electron chi connectivity index (χ3n) is 2.53. The third kappa shape index (κ3) is 3.05. The fraction of sp³-hybridized carbons (Fsp3) is 0.417. The smallest absolute Gasteiger partial charge is 0.306 e. The van der Waals surface area contributed by atoms with Crippen LogP contribution >= 0.6 is 0 Å². The summed E-state index contributed by atoms with van der Waals surface area (Å²) in [6, 6.07) is 7.01. The summed E-state index contributed by atoms with van der Waals surface area (Å²) in [5, 5.41) is 27.3. The Morgan fingerprint density at radius 1 is 1.38 bits per heavy atom. The first-order chi connectivity index (χ1) is 7.56. The highest BCUT2D eigenvalue weighted by Crippen LogP contribution is 2.20. The van der Waals surface area contributed by atoms with Crippen LogP contribution in [0.1, 0.15) is 24.2 Å². The summed E-state index contributed by atoms with van der Waals surface area (Å²) in [6.45, 7) is 1.25. The lowest BCUT2D eigenvalue weighted by molar-refractivity contribution is -0.141. The minimum Gasteiger partial charge on any atom is -0.481 e. The van der Waals surface area contributed by atoms with Crippen LogP contribution in [0.15, 0.2) is 24.3 Å². The van der Waals surface area contributed by atoms with E-state index in [4.69, 9.17) is 10.2 Å². The summed E-state index contributed by atoms with van der Waals surface area (Å²) >= 11 is 0. The number of aliphatic hydroxyl groups is 2. The first-order valence-electron chi connectivity index (χ1n) is 5.15. The van der Waals surface area contributed by atoms with Gasteiger partial charge in [-0.1, -0.05) is 31.2 Å². The van der Waals surface area contributed by atoms with Gasteiger partial charge in [-0.05, 0) is 17.5 Å². The minimum atomic E-state index is -0.947. The molecule has 88 valence electrons. The van der Waals surface area contributed by atoms with Crippen molar-refractivity contribution >= 4 is 5.97 Å². The molecular formula is C12H16O4. The second-order valence-corrected chi connectivity index (χ2v) is 3.84. The molecule has 0 radical (unpaired) electrons. The molecule has 2 unspecified atom stereocenters. The maximum absolute atomic E-state index is 10.7. The Balaban J connectivity index is 2.90. The highest BCUT2D eigenvalue weighted by Gasteiger charge is 2.16. The van der Waals surface area contributed by atoms with Crippen LogP contribution in [0.2, 0.25) is 0 Å². The monoisotopic (exact) mass is 224 g/mol. The SMILES string of the molecule is CC(Cc1ccccc1C(O)CO)C(=O)O. The van der Waals surface area contributed by atoms with Gasteiger partial charge in [0.05, 0.1) is 12.5 Å². The van der Waals surface area contributed by atoms with Crippen LogP contribution in [0.4, 0.5) is 0 Å². The fourth-order valence-corrected chi connectivity index (χ4v) is 1.56. The molecule has 0 heterocycles. The predicted octanol–water partition coefficient (Wildman–Crippen LogP) is 0.976. The highest BCUT2D eigenvalue weighted by molar-refractivity contribution is 5.70. The van der Waals surface area contributed by atoms with Gasteiger partial charge < -0.3 is 15.3 Å². The van der Waals surface area contributed by atoms with Crippen molar-refractivity contribution in [2.45, 2.75) is 19.4 Å². The molecule has 0 fully saturated rings. The average molecular weight is 224 g/mol. The van der Waals surface area contributed by atoms with E-state index in [0.717, 1.165) is 5.56 Å². The number of aliphatic carboxylic acids is 1. The molecule has 0 aliphatic heterocycles. The Morgan fingerprint density at radius 3 is 2.56 bits per heavy atom. The molecular weight excluding hydrogens is 208 g/mol. The van der Waals surface area contributed by atoms with Crippen LogP contribution in [0.25, 0.3) is 0 Å². The molecule has 0 aliphatic rings. The average Bonchev–Trinajstić information content (AvgIpc) is 2.28. The molecule has 16 heavy (non-hydrogen) atoms. The Bertz CT molecular complexity index is 362. The molecule has 1 aromatic carbocycles. The lowest BCUT2D eigenvalue weighted by Crippen LogP contribution is -2.15. The van der Waals surface area contributed by atoms with Gasteiger partial charge in [0.15, 0.2) is 0 Å². The number of hydrogen-bond donors (Lipinski definition) is 3. The van der Waals surface area contributed by atoms with Crippen LogP contribution in [0.3, 0.4) is 0 Å². The highest BCUT2D eigenvalue weighted by atomic mass is 16.4. The van der Waals surface area contributed by atoms with Gasteiger partial charge in [-0.15, -0.1) is 0 Å². The molecule has 2 atom stereocenters. The van der Waals surface area contributed by atoms with E-state index < -0.39 is 18.0 Å². The molecule has 4 heteroatoms. The Labute approximate surface area is 94.2 Å². The van der Waals surface area contributed by atoms with E-state index in [0.29, 0.717) is 12.0 Å². The fourth-order valence-electron chi connectivity index (χ4n) is 1.56. The quantitative estimate of drug-likeness (QED) is 0.696. The Kier molecular flexibility index (Phi) is 4.46. The third-order valence-corrected chi connectivity index (χ3v) is 2.53. The van der Waals surface area contributed by atoms with E-state index >= 15 is 0 Å². The molecule has 0 saturated carbocycles. The molecule has 4 nitrogen and oxygen atoms in total. The topological polar surface area (TPSA) is 77.8 Å². The predicted molar refractivity (Wildman–Crippen MR) is 59.0 cm³/mol. The number of rotatable bonds is 5. The summed E-state index contributed by atoms with van der Waals surface area (Å²) in [6.07, 6.45) is -0.597. The van der Waals surface area contributed by atoms with E-state index in [1.807, 2.05) is 0 Å². The molecule has 0 aliphatic carbocycles. The second-order valence-electron chi connectivity index (χ2n) is 3.84. The van der Waals surface area contributed by atoms with Gasteiger partial charge in [0.25, 0.3) is 0 Å². The maximum Gasteiger partial charge on any atom is 0.306 e. The minimum absolute atomic E-state index is 0.350. The van der Waals surface area contributed by atoms with Crippen LogP contribution in [-0.2, 0) is 11.2 Å². The van der Waals surface area contributed by atoms with Crippen molar-refractivity contribution in [2.75, 3.05) is 6.61 Å². The van der Waals surface area contributed by atoms with Gasteiger partial charge in [-0.25, -0.2) is 0 Å². The zero-order valence-corrected chi connectivity index (χ0v) is 9.13. The summed E-state index contributed by atoms with van der Waals surface area (Å²) in [5.74, 6) is -1.37. The lowest BCUT2D eigenvalue weighted by Gasteiger charge is -2.15. The lowest BCUT2D eigenvalue weighted by atomic mass is 9.94. The van der Waals surface area contributed by atoms with Gasteiger partial charge in [0.1, 0.15) is 6.10 Å². The Morgan fingerprint density at radius 2 is 2.00 bits per heavy atom. The zero-order valence-electron chi connectivity index (χ0n) is 9.13. The van der Waals surface area contributed by atoms with E-state index in [1.54, 1.807) is 31.2 Å². The van der Waals surface area contributed by atoms with Crippen molar-refractivity contribution in [2.24, 2.45) is 5.92 Å². The number of benzene rings is 1. The number of carbonyl (C=O) groups is 1. The van der Waals surface area contributed by atoms with Gasteiger partial charge in [0.2, 0.25) is 0 Å². The normalized spacial score (nSPS) is 14.4. The molecule has 0 saturated heterocycles. The van der Waals surface area contributed by atoms with Gasteiger partial charge in [-0.3, -0.25) is 4.79 Å². The summed E-state index contributed by atoms with van der Waals surface area (Å²) < 4.78 is 0. The molecule has 0 spiro atoms. The molecule has 0 aromatic heterocycles. The van der Waals surface area contributed by atoms with Crippen molar-refractivity contribution in [3.63, 3.8) is 0 Å². The van der Waals surface area contributed by atoms with Crippen molar-refractivity contribution in [3.8, 4) is 0 Å². The molecule has 1 aromatic rings. The van der Waals surface area contributed by atoms with Crippen LogP contribution in [0.5, 0.6) is 0 Å². The van der Waals surface area contributed by atoms with E-state index in [-0.39, 0.29) is 6.61 Å². The van der Waals surface area contributed by atoms with Crippen molar-refractivity contribution < 1.29 is 20.1 Å². The first kappa shape index (κ1) is 12.7. The van der Waals surface area contributed by atoms with E-state index in [1.165, 1.54) is 0 Å². The standard InChI is InChI=1S/C12H16O4/c1-8(12(15)16)6-9-4-2-3-5-10(9)11(14)7-13/h2-5,8,11,13-14H,6-7H2,1H3,(H,15,16). The summed E-state index contributed by atoms with van der Waals surface area (Å²) in [5.41, 5.74) is 1.36. The van der Waals surface area contributed by atoms with E-state index in [2.05, 4.69) is 0 Å². The molecule has 1 rings (SSSR count). The van der Waals surface area contributed by atoms with Crippen molar-refractivity contribution in [1.82, 2.24) is 0 Å². The van der Waals surface area contributed by atoms with Crippen molar-refractivity contribution in [1.29, 1.82) is 0 Å². The maximum atomic E-state index is 10.7. The van der Waals surface area contributed by atoms with Crippen LogP contribution in [0, 0.1) is 5.92 Å². The van der Waals surface area contributed by atoms with Crippen LogP contribution in [-0.4, -0.2) is 27.9 Å². The molecule has 0 bridgehead atoms. The number of hydrogen-bond acceptors (Lipinski definition) is 3. The Hall–Kier alpha value is -1.39. The molecule has 3 N–H and O–H groups in total. The zero-order chi connectivity index (χ0) is 12.1. The van der Waals surface area contributed by atoms with Gasteiger partial charge in [0, 0.05) is 0 Å². The molecule has 0 amide bonds. The largest absolute Gasteiger partial charge is 0.481 e. The first-order valence-corrected chi connectivity index (χ1v) is 5.15. The number of aliphatic hydroxyl groups excluding tert-OH is 2. The summed E-state index contributed by atoms with van der Waals surface area (Å²) in [7, 11) is 0. The summed E-state index contributed by atoms with van der Waals surface area (Å²) in [4.78, 5) is 10.7. The number of carboxylic acid groups (broad SMARTS) is 1. The van der Waals surface area contributed by atoms with Crippen LogP contribution < -0.4 is 0 Å².